The van der Waals surface area contributed by atoms with Crippen molar-refractivity contribution < 1.29 is 15.0 Å². The molecule has 0 atom stereocenters. The highest BCUT2D eigenvalue weighted by Crippen LogP contribution is 2.35. The molecule has 1 aromatic heterocycles. The van der Waals surface area contributed by atoms with Crippen molar-refractivity contribution in [2.75, 3.05) is 18.9 Å². The number of rotatable bonds is 5. The van der Waals surface area contributed by atoms with Gasteiger partial charge in [0, 0.05) is 15.1 Å². The molecule has 5 nitrogen and oxygen atoms in total. The van der Waals surface area contributed by atoms with Gasteiger partial charge in [-0.05, 0) is 24.6 Å². The molecule has 0 bridgehead atoms. The number of aliphatic hydroxyl groups is 2. The molecule has 0 saturated heterocycles. The quantitative estimate of drug-likeness (QED) is 0.675. The molecular formula is C14H17ClN2O3S. The molecule has 0 aliphatic heterocycles. The van der Waals surface area contributed by atoms with Crippen LogP contribution >= 0.6 is 22.9 Å². The molecule has 5 N–H and O–H groups in total. The van der Waals surface area contributed by atoms with Crippen molar-refractivity contribution in [3.63, 3.8) is 0 Å². The van der Waals surface area contributed by atoms with E-state index in [1.165, 1.54) is 11.3 Å². The van der Waals surface area contributed by atoms with Crippen LogP contribution in [0.25, 0.3) is 10.1 Å². The lowest BCUT2D eigenvalue weighted by Gasteiger charge is -2.29. The maximum absolute atomic E-state index is 12.4. The van der Waals surface area contributed by atoms with E-state index in [4.69, 9.17) is 17.3 Å². The Balaban J connectivity index is 2.37. The van der Waals surface area contributed by atoms with E-state index in [1.807, 2.05) is 0 Å². The highest BCUT2D eigenvalue weighted by molar-refractivity contribution is 7.21. The van der Waals surface area contributed by atoms with Crippen LogP contribution in [0.2, 0.25) is 5.02 Å². The third-order valence-electron chi connectivity index (χ3n) is 3.56. The van der Waals surface area contributed by atoms with Crippen LogP contribution in [-0.4, -0.2) is 34.9 Å². The van der Waals surface area contributed by atoms with Crippen LogP contribution in [0.1, 0.15) is 23.0 Å². The van der Waals surface area contributed by atoms with Crippen molar-refractivity contribution in [3.8, 4) is 0 Å². The second-order valence-electron chi connectivity index (χ2n) is 4.89. The summed E-state index contributed by atoms with van der Waals surface area (Å²) in [6, 6.07) is 5.23. The van der Waals surface area contributed by atoms with E-state index in [-0.39, 0.29) is 13.2 Å². The van der Waals surface area contributed by atoms with Gasteiger partial charge in [0.1, 0.15) is 4.88 Å². The van der Waals surface area contributed by atoms with Crippen LogP contribution in [0.3, 0.4) is 0 Å². The number of thiophene rings is 1. The van der Waals surface area contributed by atoms with Gasteiger partial charge in [-0.25, -0.2) is 0 Å². The van der Waals surface area contributed by atoms with Gasteiger partial charge in [-0.1, -0.05) is 18.5 Å². The van der Waals surface area contributed by atoms with E-state index in [0.29, 0.717) is 22.0 Å². The molecule has 0 radical (unpaired) electrons. The van der Waals surface area contributed by atoms with Gasteiger partial charge in [0.15, 0.2) is 0 Å². The Labute approximate surface area is 131 Å². The number of hydrogen-bond acceptors (Lipinski definition) is 5. The maximum atomic E-state index is 12.4. The second-order valence-corrected chi connectivity index (χ2v) is 6.38. The molecule has 2 rings (SSSR count). The van der Waals surface area contributed by atoms with Crippen molar-refractivity contribution >= 4 is 44.6 Å². The monoisotopic (exact) mass is 328 g/mol. The highest BCUT2D eigenvalue weighted by Gasteiger charge is 2.30. The Bertz CT molecular complexity index is 659. The molecule has 0 unspecified atom stereocenters. The molecule has 1 amide bonds. The fraction of sp³-hybridized carbons (Fsp3) is 0.357. The zero-order valence-corrected chi connectivity index (χ0v) is 13.1. The first kappa shape index (κ1) is 16.0. The summed E-state index contributed by atoms with van der Waals surface area (Å²) in [7, 11) is 0. The number of benzene rings is 1. The molecule has 0 saturated carbocycles. The van der Waals surface area contributed by atoms with Crippen molar-refractivity contribution in [3.05, 3.63) is 28.1 Å². The number of nitrogens with two attached hydrogens (primary N) is 1. The number of halogens is 1. The van der Waals surface area contributed by atoms with Gasteiger partial charge < -0.3 is 21.3 Å². The first-order chi connectivity index (χ1) is 9.96. The fourth-order valence-corrected chi connectivity index (χ4v) is 3.29. The molecule has 114 valence electrons. The van der Waals surface area contributed by atoms with Gasteiger partial charge in [0.05, 0.1) is 24.4 Å². The third kappa shape index (κ3) is 2.98. The molecule has 1 aromatic carbocycles. The number of carbonyl (C=O) groups excluding carboxylic acids is 1. The summed E-state index contributed by atoms with van der Waals surface area (Å²) in [5, 5.41) is 22.8. The summed E-state index contributed by atoms with van der Waals surface area (Å²) in [6.07, 6.45) is 0.405. The van der Waals surface area contributed by atoms with Gasteiger partial charge >= 0.3 is 0 Å². The Morgan fingerprint density at radius 3 is 2.67 bits per heavy atom. The summed E-state index contributed by atoms with van der Waals surface area (Å²) < 4.78 is 0.820. The SMILES string of the molecule is CCC(CO)(CO)NC(=O)c1sc2cc(Cl)ccc2c1N. The molecule has 0 spiro atoms. The molecule has 1 heterocycles. The second kappa shape index (κ2) is 6.19. The normalized spacial score (nSPS) is 11.8. The predicted molar refractivity (Wildman–Crippen MR) is 85.9 cm³/mol. The van der Waals surface area contributed by atoms with Crippen LogP contribution in [0.5, 0.6) is 0 Å². The standard InChI is InChI=1S/C14H17ClN2O3S/c1-2-14(6-18,7-19)17-13(20)12-11(16)9-4-3-8(15)5-10(9)21-12/h3-5,18-19H,2,6-7,16H2,1H3,(H,17,20). The lowest BCUT2D eigenvalue weighted by Crippen LogP contribution is -2.53. The zero-order chi connectivity index (χ0) is 15.6. The first-order valence-electron chi connectivity index (χ1n) is 6.48. The largest absolute Gasteiger partial charge is 0.397 e. The fourth-order valence-electron chi connectivity index (χ4n) is 2.00. The predicted octanol–water partition coefficient (Wildman–Crippen LogP) is 2.00. The van der Waals surface area contributed by atoms with Crippen molar-refractivity contribution in [1.82, 2.24) is 5.32 Å². The zero-order valence-electron chi connectivity index (χ0n) is 11.5. The molecule has 2 aromatic rings. The minimum atomic E-state index is -1.04. The molecule has 0 aliphatic carbocycles. The molecular weight excluding hydrogens is 312 g/mol. The van der Waals surface area contributed by atoms with E-state index >= 15 is 0 Å². The molecule has 21 heavy (non-hydrogen) atoms. The van der Waals surface area contributed by atoms with Crippen molar-refractivity contribution in [2.45, 2.75) is 18.9 Å². The van der Waals surface area contributed by atoms with E-state index in [0.717, 1.165) is 10.1 Å². The summed E-state index contributed by atoms with van der Waals surface area (Å²) in [4.78, 5) is 12.7. The van der Waals surface area contributed by atoms with Crippen LogP contribution in [0.15, 0.2) is 18.2 Å². The minimum Gasteiger partial charge on any atom is -0.397 e. The van der Waals surface area contributed by atoms with Crippen LogP contribution in [0.4, 0.5) is 5.69 Å². The average Bonchev–Trinajstić information content (AvgIpc) is 2.81. The number of anilines is 1. The third-order valence-corrected chi connectivity index (χ3v) is 4.96. The Morgan fingerprint density at radius 1 is 1.43 bits per heavy atom. The van der Waals surface area contributed by atoms with Gasteiger partial charge in [-0.2, -0.15) is 0 Å². The number of nitrogen functional groups attached to an aromatic ring is 1. The number of hydrogen-bond donors (Lipinski definition) is 4. The molecule has 0 aliphatic rings. The Morgan fingerprint density at radius 2 is 2.10 bits per heavy atom. The van der Waals surface area contributed by atoms with Gasteiger partial charge in [0.2, 0.25) is 0 Å². The van der Waals surface area contributed by atoms with Crippen molar-refractivity contribution in [2.24, 2.45) is 0 Å². The average molecular weight is 329 g/mol. The lowest BCUT2D eigenvalue weighted by atomic mass is 9.98. The Kier molecular flexibility index (Phi) is 4.73. The summed E-state index contributed by atoms with van der Waals surface area (Å²) >= 11 is 7.17. The number of nitrogens with one attached hydrogen (secondary N) is 1. The smallest absolute Gasteiger partial charge is 0.264 e. The first-order valence-corrected chi connectivity index (χ1v) is 7.67. The van der Waals surface area contributed by atoms with E-state index < -0.39 is 11.4 Å². The molecule has 7 heteroatoms. The highest BCUT2D eigenvalue weighted by atomic mass is 35.5. The van der Waals surface area contributed by atoms with Gasteiger partial charge in [-0.15, -0.1) is 11.3 Å². The van der Waals surface area contributed by atoms with Gasteiger partial charge in [0.25, 0.3) is 5.91 Å². The number of carbonyl (C=O) groups is 1. The summed E-state index contributed by atoms with van der Waals surface area (Å²) in [5.41, 5.74) is 5.35. The minimum absolute atomic E-state index is 0.345. The van der Waals surface area contributed by atoms with Crippen LogP contribution in [-0.2, 0) is 0 Å². The van der Waals surface area contributed by atoms with E-state index in [1.54, 1.807) is 25.1 Å². The number of amides is 1. The van der Waals surface area contributed by atoms with E-state index in [9.17, 15) is 15.0 Å². The van der Waals surface area contributed by atoms with Crippen LogP contribution in [0, 0.1) is 0 Å². The number of fused-ring (bicyclic) bond motifs is 1. The summed E-state index contributed by atoms with van der Waals surface area (Å²) in [6.45, 7) is 1.09. The topological polar surface area (TPSA) is 95.6 Å². The molecule has 0 fully saturated rings. The number of aliphatic hydroxyl groups excluding tert-OH is 2. The van der Waals surface area contributed by atoms with Gasteiger partial charge in [-0.3, -0.25) is 4.79 Å². The summed E-state index contributed by atoms with van der Waals surface area (Å²) in [5.74, 6) is -0.408. The lowest BCUT2D eigenvalue weighted by molar-refractivity contribution is 0.0657. The maximum Gasteiger partial charge on any atom is 0.264 e. The van der Waals surface area contributed by atoms with Crippen molar-refractivity contribution in [1.29, 1.82) is 0 Å². The van der Waals surface area contributed by atoms with E-state index in [2.05, 4.69) is 5.32 Å². The van der Waals surface area contributed by atoms with Crippen LogP contribution < -0.4 is 11.1 Å². The Hall–Kier alpha value is -1.34.